The van der Waals surface area contributed by atoms with E-state index in [9.17, 15) is 4.79 Å². The summed E-state index contributed by atoms with van der Waals surface area (Å²) in [5.41, 5.74) is 6.54. The average Bonchev–Trinajstić information content (AvgIpc) is 2.97. The van der Waals surface area contributed by atoms with E-state index in [-0.39, 0.29) is 11.3 Å². The fraction of sp³-hybridized carbons (Fsp3) is 0.346. The lowest BCUT2D eigenvalue weighted by Gasteiger charge is -2.34. The third-order valence-corrected chi connectivity index (χ3v) is 6.88. The number of halogens is 2. The summed E-state index contributed by atoms with van der Waals surface area (Å²) in [4.78, 5) is 15.6. The molecule has 1 amide bonds. The van der Waals surface area contributed by atoms with Crippen molar-refractivity contribution in [3.63, 3.8) is 0 Å². The number of carbonyl (C=O) groups excluding carboxylic acids is 1. The lowest BCUT2D eigenvalue weighted by molar-refractivity contribution is -0.114. The summed E-state index contributed by atoms with van der Waals surface area (Å²) in [6.45, 7) is 10.8. The first-order valence-electron chi connectivity index (χ1n) is 10.6. The van der Waals surface area contributed by atoms with Crippen molar-refractivity contribution in [2.24, 2.45) is 11.3 Å². The molecule has 1 heterocycles. The Morgan fingerprint density at radius 3 is 2.32 bits per heavy atom. The minimum absolute atomic E-state index is 0.0550. The highest BCUT2D eigenvalue weighted by atomic mass is 35.5. The van der Waals surface area contributed by atoms with Crippen LogP contribution in [0, 0.1) is 25.2 Å². The number of aryl methyl sites for hydroxylation is 2. The largest absolute Gasteiger partial charge is 0.350 e. The molecule has 4 rings (SSSR count). The first kappa shape index (κ1) is 22.0. The maximum atomic E-state index is 13.8. The number of amides is 1. The molecule has 0 spiro atoms. The van der Waals surface area contributed by atoms with Gasteiger partial charge in [-0.2, -0.15) is 0 Å². The molecular weight excluding hydrogens is 427 g/mol. The van der Waals surface area contributed by atoms with Gasteiger partial charge >= 0.3 is 0 Å². The summed E-state index contributed by atoms with van der Waals surface area (Å²) in [6, 6.07) is 11.4. The van der Waals surface area contributed by atoms with Gasteiger partial charge in [0.05, 0.1) is 11.4 Å². The molecule has 2 aromatic carbocycles. The van der Waals surface area contributed by atoms with E-state index >= 15 is 0 Å². The van der Waals surface area contributed by atoms with Gasteiger partial charge in [-0.3, -0.25) is 9.69 Å². The topological polar surface area (TPSA) is 32.3 Å². The molecule has 0 saturated heterocycles. The Kier molecular flexibility index (Phi) is 5.70. The number of rotatable bonds is 3. The van der Waals surface area contributed by atoms with Crippen molar-refractivity contribution in [2.45, 2.75) is 47.5 Å². The highest BCUT2D eigenvalue weighted by Crippen LogP contribution is 2.47. The number of carbonyl (C=O) groups is 1. The van der Waals surface area contributed by atoms with Crippen LogP contribution in [0.2, 0.25) is 10.0 Å². The molecule has 5 heteroatoms. The van der Waals surface area contributed by atoms with E-state index in [1.807, 2.05) is 55.1 Å². The monoisotopic (exact) mass is 454 g/mol. The Morgan fingerprint density at radius 1 is 1.00 bits per heavy atom. The molecule has 0 saturated carbocycles. The van der Waals surface area contributed by atoms with Crippen LogP contribution in [-0.4, -0.2) is 5.91 Å². The molecule has 0 radical (unpaired) electrons. The molecule has 2 aromatic rings. The Hall–Kier alpha value is -2.23. The van der Waals surface area contributed by atoms with Crippen molar-refractivity contribution in [3.05, 3.63) is 80.6 Å². The van der Waals surface area contributed by atoms with Crippen LogP contribution in [0.3, 0.4) is 0 Å². The van der Waals surface area contributed by atoms with E-state index in [1.165, 1.54) is 0 Å². The summed E-state index contributed by atoms with van der Waals surface area (Å²) in [5.74, 6) is 0.400. The van der Waals surface area contributed by atoms with Gasteiger partial charge in [-0.25, -0.2) is 0 Å². The molecule has 1 atom stereocenters. The fourth-order valence-electron chi connectivity index (χ4n) is 4.33. The van der Waals surface area contributed by atoms with Crippen LogP contribution in [0.25, 0.3) is 0 Å². The molecule has 31 heavy (non-hydrogen) atoms. The maximum absolute atomic E-state index is 13.8. The van der Waals surface area contributed by atoms with E-state index in [0.717, 1.165) is 46.6 Å². The predicted molar refractivity (Wildman–Crippen MR) is 131 cm³/mol. The molecule has 2 aliphatic rings. The van der Waals surface area contributed by atoms with E-state index in [2.05, 4.69) is 32.2 Å². The molecule has 1 N–H and O–H groups in total. The first-order chi connectivity index (χ1) is 14.6. The molecule has 0 aromatic heterocycles. The van der Waals surface area contributed by atoms with Crippen LogP contribution in [0.15, 0.2) is 59.4 Å². The third-order valence-electron chi connectivity index (χ3n) is 6.41. The van der Waals surface area contributed by atoms with Crippen molar-refractivity contribution >= 4 is 40.5 Å². The standard InChI is InChI=1S/C26H28Cl2N2O/c1-15-6-9-18(27)13-21(15)29-24-20-12-17(26(3,4)5)8-11-22(20)30(25(24)31)23-14-19(28)10-7-16(23)2/h6-7,9-11,13-14,17,29H,8,12H2,1-5H3. The third kappa shape index (κ3) is 4.14. The highest BCUT2D eigenvalue weighted by molar-refractivity contribution is 6.31. The predicted octanol–water partition coefficient (Wildman–Crippen LogP) is 7.66. The molecule has 1 unspecified atom stereocenters. The molecule has 162 valence electrons. The minimum Gasteiger partial charge on any atom is -0.350 e. The van der Waals surface area contributed by atoms with Crippen LogP contribution < -0.4 is 10.2 Å². The van der Waals surface area contributed by atoms with Gasteiger partial charge < -0.3 is 5.32 Å². The van der Waals surface area contributed by atoms with E-state index in [4.69, 9.17) is 23.2 Å². The summed E-state index contributed by atoms with van der Waals surface area (Å²) in [5, 5.41) is 4.69. The van der Waals surface area contributed by atoms with Crippen LogP contribution in [-0.2, 0) is 4.79 Å². The zero-order valence-corrected chi connectivity index (χ0v) is 20.2. The summed E-state index contributed by atoms with van der Waals surface area (Å²) in [7, 11) is 0. The van der Waals surface area contributed by atoms with E-state index in [0.29, 0.717) is 21.7 Å². The number of hydrogen-bond acceptors (Lipinski definition) is 2. The number of benzene rings is 2. The van der Waals surface area contributed by atoms with Gasteiger partial charge in [0.1, 0.15) is 5.70 Å². The van der Waals surface area contributed by atoms with Gasteiger partial charge in [0.2, 0.25) is 0 Å². The molecule has 3 nitrogen and oxygen atoms in total. The normalized spacial score (nSPS) is 18.9. The number of fused-ring (bicyclic) bond motifs is 1. The Bertz CT molecular complexity index is 1120. The SMILES string of the molecule is Cc1ccc(Cl)cc1NC1=C2CC(C(C)(C)C)CC=C2N(c2cc(Cl)ccc2C)C1=O. The second-order valence-corrected chi connectivity index (χ2v) is 10.5. The second-order valence-electron chi connectivity index (χ2n) is 9.60. The van der Waals surface area contributed by atoms with Gasteiger partial charge in [-0.05, 0) is 73.4 Å². The average molecular weight is 455 g/mol. The quantitative estimate of drug-likeness (QED) is 0.515. The molecule has 0 fully saturated rings. The number of nitrogens with one attached hydrogen (secondary N) is 1. The summed E-state index contributed by atoms with van der Waals surface area (Å²) in [6.07, 6.45) is 4.00. The zero-order chi connectivity index (χ0) is 22.5. The van der Waals surface area contributed by atoms with Gasteiger partial charge in [0.15, 0.2) is 0 Å². The van der Waals surface area contributed by atoms with Crippen molar-refractivity contribution < 1.29 is 4.79 Å². The first-order valence-corrected chi connectivity index (χ1v) is 11.4. The van der Waals surface area contributed by atoms with Crippen LogP contribution in [0.5, 0.6) is 0 Å². The number of anilines is 2. The smallest absolute Gasteiger partial charge is 0.279 e. The fourth-order valence-corrected chi connectivity index (χ4v) is 4.67. The van der Waals surface area contributed by atoms with Crippen molar-refractivity contribution in [3.8, 4) is 0 Å². The van der Waals surface area contributed by atoms with E-state index < -0.39 is 0 Å². The Balaban J connectivity index is 1.84. The van der Waals surface area contributed by atoms with Crippen LogP contribution >= 0.6 is 23.2 Å². The van der Waals surface area contributed by atoms with Crippen molar-refractivity contribution in [2.75, 3.05) is 10.2 Å². The lowest BCUT2D eigenvalue weighted by atomic mass is 9.72. The second kappa shape index (κ2) is 8.03. The Labute approximate surface area is 194 Å². The molecule has 0 bridgehead atoms. The van der Waals surface area contributed by atoms with Crippen LogP contribution in [0.4, 0.5) is 11.4 Å². The van der Waals surface area contributed by atoms with E-state index in [1.54, 1.807) is 0 Å². The van der Waals surface area contributed by atoms with Crippen molar-refractivity contribution in [1.82, 2.24) is 0 Å². The molecule has 1 aliphatic carbocycles. The van der Waals surface area contributed by atoms with Gasteiger partial charge in [0.25, 0.3) is 5.91 Å². The lowest BCUT2D eigenvalue weighted by Crippen LogP contribution is -2.29. The van der Waals surface area contributed by atoms with Crippen molar-refractivity contribution in [1.29, 1.82) is 0 Å². The number of allylic oxidation sites excluding steroid dienone is 2. The zero-order valence-electron chi connectivity index (χ0n) is 18.6. The molecule has 1 aliphatic heterocycles. The summed E-state index contributed by atoms with van der Waals surface area (Å²) < 4.78 is 0. The number of nitrogens with zero attached hydrogens (tertiary/aromatic N) is 1. The van der Waals surface area contributed by atoms with Crippen LogP contribution in [0.1, 0.15) is 44.7 Å². The Morgan fingerprint density at radius 2 is 1.65 bits per heavy atom. The van der Waals surface area contributed by atoms with Gasteiger partial charge in [-0.15, -0.1) is 0 Å². The minimum atomic E-state index is -0.0550. The van der Waals surface area contributed by atoms with Gasteiger partial charge in [-0.1, -0.05) is 62.2 Å². The van der Waals surface area contributed by atoms with Gasteiger partial charge in [0, 0.05) is 21.3 Å². The number of hydrogen-bond donors (Lipinski definition) is 1. The summed E-state index contributed by atoms with van der Waals surface area (Å²) >= 11 is 12.5. The maximum Gasteiger partial charge on any atom is 0.279 e. The molecular formula is C26H28Cl2N2O. The highest BCUT2D eigenvalue weighted by Gasteiger charge is 2.41.